The van der Waals surface area contributed by atoms with Crippen LogP contribution in [0, 0.1) is 5.41 Å². The van der Waals surface area contributed by atoms with Crippen molar-refractivity contribution in [2.24, 2.45) is 5.41 Å². The molecular formula is C12H25NO3. The Labute approximate surface area is 98.6 Å². The van der Waals surface area contributed by atoms with Gasteiger partial charge >= 0.3 is 6.09 Å². The Morgan fingerprint density at radius 2 is 1.88 bits per heavy atom. The van der Waals surface area contributed by atoms with E-state index in [9.17, 15) is 9.90 Å². The molecule has 96 valence electrons. The van der Waals surface area contributed by atoms with Crippen molar-refractivity contribution in [3.8, 4) is 0 Å². The zero-order valence-electron chi connectivity index (χ0n) is 11.0. The third kappa shape index (κ3) is 4.84. The second kappa shape index (κ2) is 7.49. The van der Waals surface area contributed by atoms with Crippen LogP contribution in [0.2, 0.25) is 0 Å². The van der Waals surface area contributed by atoms with Gasteiger partial charge in [-0.1, -0.05) is 20.3 Å². The lowest BCUT2D eigenvalue weighted by Crippen LogP contribution is -2.35. The number of hydrogen-bond donors (Lipinski definition) is 1. The quantitative estimate of drug-likeness (QED) is 0.731. The van der Waals surface area contributed by atoms with Gasteiger partial charge in [-0.3, -0.25) is 0 Å². The second-order valence-electron chi connectivity index (χ2n) is 4.45. The van der Waals surface area contributed by atoms with Crippen molar-refractivity contribution in [3.05, 3.63) is 0 Å². The number of ether oxygens (including phenoxy) is 1. The van der Waals surface area contributed by atoms with Gasteiger partial charge in [-0.15, -0.1) is 0 Å². The molecule has 0 rings (SSSR count). The van der Waals surface area contributed by atoms with Crippen LogP contribution in [0.4, 0.5) is 4.79 Å². The summed E-state index contributed by atoms with van der Waals surface area (Å²) in [7, 11) is 0. The Morgan fingerprint density at radius 1 is 1.31 bits per heavy atom. The molecule has 0 saturated carbocycles. The van der Waals surface area contributed by atoms with Crippen LogP contribution in [0.1, 0.15) is 40.5 Å². The number of rotatable bonds is 7. The number of carbonyl (C=O) groups excluding carboxylic acids is 1. The summed E-state index contributed by atoms with van der Waals surface area (Å²) in [5.41, 5.74) is -0.308. The molecule has 0 spiro atoms. The van der Waals surface area contributed by atoms with Crippen molar-refractivity contribution in [2.45, 2.75) is 40.5 Å². The molecule has 0 bridgehead atoms. The Bertz CT molecular complexity index is 204. The molecular weight excluding hydrogens is 206 g/mol. The van der Waals surface area contributed by atoms with Crippen molar-refractivity contribution < 1.29 is 14.6 Å². The summed E-state index contributed by atoms with van der Waals surface area (Å²) < 4.78 is 5.22. The van der Waals surface area contributed by atoms with Crippen molar-refractivity contribution in [1.82, 2.24) is 4.90 Å². The predicted octanol–water partition coefficient (Wildman–Crippen LogP) is 2.26. The third-order valence-corrected chi connectivity index (χ3v) is 2.80. The van der Waals surface area contributed by atoms with Crippen molar-refractivity contribution in [1.29, 1.82) is 0 Å². The highest BCUT2D eigenvalue weighted by atomic mass is 16.6. The molecule has 0 aromatic rings. The molecule has 1 unspecified atom stereocenters. The molecule has 0 aliphatic carbocycles. The molecule has 0 radical (unpaired) electrons. The molecule has 0 fully saturated rings. The first-order chi connectivity index (χ1) is 7.52. The van der Waals surface area contributed by atoms with Gasteiger partial charge in [0.25, 0.3) is 0 Å². The first kappa shape index (κ1) is 15.2. The molecule has 0 aromatic heterocycles. The van der Waals surface area contributed by atoms with E-state index >= 15 is 0 Å². The van der Waals surface area contributed by atoms with Gasteiger partial charge in [-0.2, -0.15) is 0 Å². The summed E-state index contributed by atoms with van der Waals surface area (Å²) in [6, 6.07) is 0. The standard InChI is InChI=1S/C12H25NO3/c1-5-8-12(4,9-14)10-16-11(15)13(6-2)7-3/h14H,5-10H2,1-4H3. The van der Waals surface area contributed by atoms with Crippen LogP contribution in [-0.4, -0.2) is 42.4 Å². The molecule has 4 heteroatoms. The fraction of sp³-hybridized carbons (Fsp3) is 0.917. The Hall–Kier alpha value is -0.770. The van der Waals surface area contributed by atoms with Crippen LogP contribution in [0.5, 0.6) is 0 Å². The molecule has 1 N–H and O–H groups in total. The minimum Gasteiger partial charge on any atom is -0.449 e. The topological polar surface area (TPSA) is 49.8 Å². The lowest BCUT2D eigenvalue weighted by atomic mass is 9.88. The largest absolute Gasteiger partial charge is 0.449 e. The molecule has 0 saturated heterocycles. The summed E-state index contributed by atoms with van der Waals surface area (Å²) in [5.74, 6) is 0. The normalized spacial score (nSPS) is 14.3. The van der Waals surface area contributed by atoms with Gasteiger partial charge in [0.05, 0.1) is 6.61 Å². The monoisotopic (exact) mass is 231 g/mol. The minimum atomic E-state index is -0.308. The fourth-order valence-electron chi connectivity index (χ4n) is 1.61. The molecule has 1 atom stereocenters. The molecule has 0 aromatic carbocycles. The van der Waals surface area contributed by atoms with E-state index in [2.05, 4.69) is 6.92 Å². The van der Waals surface area contributed by atoms with Gasteiger partial charge < -0.3 is 14.7 Å². The maximum absolute atomic E-state index is 11.6. The van der Waals surface area contributed by atoms with Crippen molar-refractivity contribution in [3.63, 3.8) is 0 Å². The predicted molar refractivity (Wildman–Crippen MR) is 64.4 cm³/mol. The van der Waals surface area contributed by atoms with E-state index in [1.165, 1.54) is 0 Å². The van der Waals surface area contributed by atoms with Gasteiger partial charge in [0, 0.05) is 18.5 Å². The second-order valence-corrected chi connectivity index (χ2v) is 4.45. The van der Waals surface area contributed by atoms with E-state index in [4.69, 9.17) is 4.74 Å². The minimum absolute atomic E-state index is 0.0480. The Morgan fingerprint density at radius 3 is 2.25 bits per heavy atom. The lowest BCUT2D eigenvalue weighted by Gasteiger charge is -2.28. The first-order valence-electron chi connectivity index (χ1n) is 6.05. The zero-order valence-corrected chi connectivity index (χ0v) is 11.0. The molecule has 0 heterocycles. The van der Waals surface area contributed by atoms with Gasteiger partial charge in [0.15, 0.2) is 0 Å². The molecule has 1 amide bonds. The molecule has 0 aliphatic heterocycles. The van der Waals surface area contributed by atoms with E-state index in [-0.39, 0.29) is 24.7 Å². The Kier molecular flexibility index (Phi) is 7.13. The van der Waals surface area contributed by atoms with E-state index in [1.807, 2.05) is 20.8 Å². The van der Waals surface area contributed by atoms with E-state index < -0.39 is 0 Å². The van der Waals surface area contributed by atoms with Gasteiger partial charge in [-0.05, 0) is 20.3 Å². The highest BCUT2D eigenvalue weighted by Crippen LogP contribution is 2.23. The summed E-state index contributed by atoms with van der Waals surface area (Å²) in [6.45, 7) is 9.47. The summed E-state index contributed by atoms with van der Waals surface area (Å²) >= 11 is 0. The van der Waals surface area contributed by atoms with Crippen molar-refractivity contribution in [2.75, 3.05) is 26.3 Å². The fourth-order valence-corrected chi connectivity index (χ4v) is 1.61. The molecule has 16 heavy (non-hydrogen) atoms. The van der Waals surface area contributed by atoms with E-state index in [1.54, 1.807) is 4.90 Å². The number of carbonyl (C=O) groups is 1. The van der Waals surface area contributed by atoms with Crippen LogP contribution >= 0.6 is 0 Å². The van der Waals surface area contributed by atoms with Crippen LogP contribution in [0.15, 0.2) is 0 Å². The highest BCUT2D eigenvalue weighted by Gasteiger charge is 2.25. The zero-order chi connectivity index (χ0) is 12.6. The third-order valence-electron chi connectivity index (χ3n) is 2.80. The first-order valence-corrected chi connectivity index (χ1v) is 6.05. The van der Waals surface area contributed by atoms with Gasteiger partial charge in [0.2, 0.25) is 0 Å². The number of amides is 1. The average Bonchev–Trinajstić information content (AvgIpc) is 2.28. The van der Waals surface area contributed by atoms with E-state index in [0.717, 1.165) is 12.8 Å². The average molecular weight is 231 g/mol. The van der Waals surface area contributed by atoms with Crippen LogP contribution in [0.3, 0.4) is 0 Å². The lowest BCUT2D eigenvalue weighted by molar-refractivity contribution is 0.0286. The van der Waals surface area contributed by atoms with Crippen LogP contribution < -0.4 is 0 Å². The smallest absolute Gasteiger partial charge is 0.409 e. The number of aliphatic hydroxyl groups excluding tert-OH is 1. The summed E-state index contributed by atoms with van der Waals surface area (Å²) in [6.07, 6.45) is 1.54. The SMILES string of the molecule is CCCC(C)(CO)COC(=O)N(CC)CC. The maximum Gasteiger partial charge on any atom is 0.409 e. The van der Waals surface area contributed by atoms with Crippen molar-refractivity contribution >= 4 is 6.09 Å². The Balaban J connectivity index is 4.15. The van der Waals surface area contributed by atoms with E-state index in [0.29, 0.717) is 13.1 Å². The van der Waals surface area contributed by atoms with Gasteiger partial charge in [0.1, 0.15) is 6.61 Å². The summed E-state index contributed by atoms with van der Waals surface area (Å²) in [4.78, 5) is 13.2. The summed E-state index contributed by atoms with van der Waals surface area (Å²) in [5, 5.41) is 9.28. The number of hydrogen-bond acceptors (Lipinski definition) is 3. The molecule has 4 nitrogen and oxygen atoms in total. The van der Waals surface area contributed by atoms with Crippen LogP contribution in [-0.2, 0) is 4.74 Å². The number of aliphatic hydroxyl groups is 1. The van der Waals surface area contributed by atoms with Crippen LogP contribution in [0.25, 0.3) is 0 Å². The van der Waals surface area contributed by atoms with Gasteiger partial charge in [-0.25, -0.2) is 4.79 Å². The maximum atomic E-state index is 11.6. The number of nitrogens with zero attached hydrogens (tertiary/aromatic N) is 1. The highest BCUT2D eigenvalue weighted by molar-refractivity contribution is 5.67. The molecule has 0 aliphatic rings.